The third kappa shape index (κ3) is 5.86. The summed E-state index contributed by atoms with van der Waals surface area (Å²) in [4.78, 5) is 23.9. The monoisotopic (exact) mass is 668 g/mol. The smallest absolute Gasteiger partial charge is 0.287 e. The van der Waals surface area contributed by atoms with Crippen molar-refractivity contribution < 1.29 is 9.53 Å². The van der Waals surface area contributed by atoms with E-state index >= 15 is 0 Å². The number of nitrogens with one attached hydrogen (secondary N) is 2. The van der Waals surface area contributed by atoms with Crippen LogP contribution in [0.5, 0.6) is 5.75 Å². The van der Waals surface area contributed by atoms with Crippen molar-refractivity contribution in [3.63, 3.8) is 0 Å². The summed E-state index contributed by atoms with van der Waals surface area (Å²) in [7, 11) is -1.13. The van der Waals surface area contributed by atoms with Crippen molar-refractivity contribution in [3.05, 3.63) is 132 Å². The van der Waals surface area contributed by atoms with Crippen LogP contribution in [0.15, 0.2) is 121 Å². The summed E-state index contributed by atoms with van der Waals surface area (Å²) >= 11 is 1.64. The molecule has 0 radical (unpaired) electrons. The first-order valence-electron chi connectivity index (χ1n) is 16.4. The number of anilines is 1. The van der Waals surface area contributed by atoms with Crippen LogP contribution in [-0.4, -0.2) is 37.3 Å². The highest BCUT2D eigenvalue weighted by atomic mass is 32.1. The lowest BCUT2D eigenvalue weighted by Gasteiger charge is -2.36. The first kappa shape index (κ1) is 31.7. The van der Waals surface area contributed by atoms with Gasteiger partial charge in [-0.25, -0.2) is 4.98 Å². The van der Waals surface area contributed by atoms with Crippen LogP contribution < -0.4 is 30.6 Å². The van der Waals surface area contributed by atoms with Crippen molar-refractivity contribution in [2.24, 2.45) is 5.41 Å². The Morgan fingerprint density at radius 2 is 1.48 bits per heavy atom. The van der Waals surface area contributed by atoms with E-state index in [9.17, 15) is 4.79 Å². The SMILES string of the molecule is COc1cc2c(cc1N[Si](c1ccccc1)(c1ccccc1)c1ccccc1)-c1c(-c3cccs3)nc(C(=O)NCC(C)(C)C)n1CC2. The number of rotatable bonds is 9. The molecule has 0 saturated heterocycles. The second-order valence-corrected chi connectivity index (χ2v) is 17.9. The van der Waals surface area contributed by atoms with E-state index in [2.05, 4.69) is 150 Å². The van der Waals surface area contributed by atoms with Crippen LogP contribution in [0.4, 0.5) is 5.69 Å². The molecule has 2 aromatic heterocycles. The van der Waals surface area contributed by atoms with E-state index in [4.69, 9.17) is 9.72 Å². The van der Waals surface area contributed by atoms with Crippen LogP contribution in [0.3, 0.4) is 0 Å². The number of imidazole rings is 1. The van der Waals surface area contributed by atoms with E-state index in [1.54, 1.807) is 18.4 Å². The topological polar surface area (TPSA) is 68.2 Å². The molecule has 1 aliphatic heterocycles. The molecule has 6 nitrogen and oxygen atoms in total. The van der Waals surface area contributed by atoms with Crippen LogP contribution in [0.2, 0.25) is 0 Å². The third-order valence-corrected chi connectivity index (χ3v) is 14.1. The van der Waals surface area contributed by atoms with Gasteiger partial charge >= 0.3 is 0 Å². The van der Waals surface area contributed by atoms with E-state index in [0.717, 1.165) is 39.7 Å². The quantitative estimate of drug-likeness (QED) is 0.133. The zero-order chi connectivity index (χ0) is 33.3. The lowest BCUT2D eigenvalue weighted by Crippen LogP contribution is -2.72. The third-order valence-electron chi connectivity index (χ3n) is 8.93. The Hall–Kier alpha value is -4.92. The zero-order valence-electron chi connectivity index (χ0n) is 27.8. The minimum Gasteiger partial charge on any atom is -0.495 e. The van der Waals surface area contributed by atoms with Crippen molar-refractivity contribution in [1.29, 1.82) is 0 Å². The molecule has 6 aromatic rings. The van der Waals surface area contributed by atoms with Crippen molar-refractivity contribution in [1.82, 2.24) is 14.9 Å². The molecule has 0 atom stereocenters. The first-order valence-corrected chi connectivity index (χ1v) is 19.2. The first-order chi connectivity index (χ1) is 23.3. The number of aryl methyl sites for hydroxylation is 1. The van der Waals surface area contributed by atoms with Crippen LogP contribution in [0.1, 0.15) is 37.0 Å². The molecule has 242 valence electrons. The van der Waals surface area contributed by atoms with E-state index in [0.29, 0.717) is 18.9 Å². The fourth-order valence-electron chi connectivity index (χ4n) is 6.66. The summed E-state index contributed by atoms with van der Waals surface area (Å²) in [5.74, 6) is 1.10. The maximum absolute atomic E-state index is 13.7. The number of fused-ring (bicyclic) bond motifs is 3. The number of methoxy groups -OCH3 is 1. The molecule has 0 spiro atoms. The van der Waals surface area contributed by atoms with E-state index < -0.39 is 8.24 Å². The van der Waals surface area contributed by atoms with Crippen LogP contribution >= 0.6 is 11.3 Å². The van der Waals surface area contributed by atoms with Crippen LogP contribution in [0.25, 0.3) is 21.8 Å². The molecule has 0 aliphatic carbocycles. The molecular weight excluding hydrogens is 629 g/mol. The van der Waals surface area contributed by atoms with Gasteiger partial charge < -0.3 is 19.6 Å². The zero-order valence-corrected chi connectivity index (χ0v) is 29.6. The standard InChI is InChI=1S/C40H40N4O2SSi/c1-40(2,3)27-41-39(45)38-42-36(35-21-14-24-47-35)37-32-26-33(34(46-4)25-28(32)22-23-44(37)38)43-48(29-15-8-5-9-16-29,30-17-10-6-11-18-30)31-19-12-7-13-20-31/h5-21,24-26,43H,22-23,27H2,1-4H3,(H,41,45). The van der Waals surface area contributed by atoms with Gasteiger partial charge in [-0.2, -0.15) is 0 Å². The molecule has 7 rings (SSSR count). The number of carbonyl (C=O) groups is 1. The van der Waals surface area contributed by atoms with E-state index in [1.165, 1.54) is 21.1 Å². The molecule has 0 fully saturated rings. The lowest BCUT2D eigenvalue weighted by molar-refractivity contribution is 0.0924. The predicted octanol–water partition coefficient (Wildman–Crippen LogP) is 6.70. The van der Waals surface area contributed by atoms with Gasteiger partial charge in [-0.1, -0.05) is 118 Å². The largest absolute Gasteiger partial charge is 0.495 e. The van der Waals surface area contributed by atoms with Crippen LogP contribution in [-0.2, 0) is 13.0 Å². The number of amides is 1. The predicted molar refractivity (Wildman–Crippen MR) is 201 cm³/mol. The highest BCUT2D eigenvalue weighted by molar-refractivity contribution is 7.14. The number of ether oxygens (including phenoxy) is 1. The summed E-state index contributed by atoms with van der Waals surface area (Å²) in [6.07, 6.45) is 0.761. The molecule has 0 bridgehead atoms. The number of hydrogen-bond acceptors (Lipinski definition) is 5. The Morgan fingerprint density at radius 1 is 0.875 bits per heavy atom. The van der Waals surface area contributed by atoms with Crippen molar-refractivity contribution >= 4 is 46.7 Å². The molecule has 8 heteroatoms. The molecule has 48 heavy (non-hydrogen) atoms. The second kappa shape index (κ2) is 12.9. The Kier molecular flexibility index (Phi) is 8.54. The maximum Gasteiger partial charge on any atom is 0.287 e. The van der Waals surface area contributed by atoms with Gasteiger partial charge in [0.2, 0.25) is 0 Å². The molecular formula is C40H40N4O2SSi. The van der Waals surface area contributed by atoms with Gasteiger partial charge in [0.05, 0.1) is 23.4 Å². The normalized spacial score (nSPS) is 12.6. The molecule has 1 amide bonds. The van der Waals surface area contributed by atoms with Gasteiger partial charge in [-0.3, -0.25) is 4.79 Å². The van der Waals surface area contributed by atoms with Crippen LogP contribution in [0, 0.1) is 5.41 Å². The summed E-state index contributed by atoms with van der Waals surface area (Å²) in [5, 5.41) is 8.92. The summed E-state index contributed by atoms with van der Waals surface area (Å²) in [6.45, 7) is 7.58. The number of benzene rings is 4. The van der Waals surface area contributed by atoms with Crippen molar-refractivity contribution in [2.45, 2.75) is 33.7 Å². The number of carbonyl (C=O) groups excluding carboxylic acids is 1. The fourth-order valence-corrected chi connectivity index (χ4v) is 11.5. The van der Waals surface area contributed by atoms with E-state index in [-0.39, 0.29) is 11.3 Å². The Morgan fingerprint density at radius 3 is 2.00 bits per heavy atom. The van der Waals surface area contributed by atoms with E-state index in [1.807, 2.05) is 6.07 Å². The highest BCUT2D eigenvalue weighted by Crippen LogP contribution is 2.43. The molecule has 0 unspecified atom stereocenters. The van der Waals surface area contributed by atoms with Gasteiger partial charge in [0.15, 0.2) is 5.82 Å². The van der Waals surface area contributed by atoms with Gasteiger partial charge in [0, 0.05) is 18.7 Å². The Bertz CT molecular complexity index is 1940. The lowest BCUT2D eigenvalue weighted by atomic mass is 9.95. The average molecular weight is 669 g/mol. The van der Waals surface area contributed by atoms with Gasteiger partial charge in [0.1, 0.15) is 11.4 Å². The molecule has 0 saturated carbocycles. The summed E-state index contributed by atoms with van der Waals surface area (Å²) in [5.41, 5.74) is 4.91. The maximum atomic E-state index is 13.7. The van der Waals surface area contributed by atoms with Gasteiger partial charge in [0.25, 0.3) is 14.1 Å². The minimum atomic E-state index is -2.87. The molecule has 2 N–H and O–H groups in total. The van der Waals surface area contributed by atoms with Crippen molar-refractivity contribution in [3.8, 4) is 27.6 Å². The fraction of sp³-hybridized carbons (Fsp3) is 0.200. The molecule has 1 aliphatic rings. The molecule has 3 heterocycles. The number of nitrogens with zero attached hydrogens (tertiary/aromatic N) is 2. The Balaban J connectivity index is 1.43. The number of hydrogen-bond donors (Lipinski definition) is 2. The van der Waals surface area contributed by atoms with Gasteiger partial charge in [-0.15, -0.1) is 11.3 Å². The number of aromatic nitrogens is 2. The average Bonchev–Trinajstić information content (AvgIpc) is 3.79. The summed E-state index contributed by atoms with van der Waals surface area (Å²) < 4.78 is 8.25. The highest BCUT2D eigenvalue weighted by Gasteiger charge is 2.41. The van der Waals surface area contributed by atoms with Crippen molar-refractivity contribution in [2.75, 3.05) is 18.6 Å². The summed E-state index contributed by atoms with van der Waals surface area (Å²) in [6, 6.07) is 40.8. The molecule has 4 aromatic carbocycles. The number of thiophene rings is 1. The minimum absolute atomic E-state index is 0.0417. The van der Waals surface area contributed by atoms with Gasteiger partial charge in [-0.05, 0) is 56.5 Å². The second-order valence-electron chi connectivity index (χ2n) is 13.4. The Labute approximate surface area is 287 Å².